The van der Waals surface area contributed by atoms with Crippen molar-refractivity contribution in [2.24, 2.45) is 23.7 Å². The Morgan fingerprint density at radius 2 is 1.72 bits per heavy atom. The van der Waals surface area contributed by atoms with Crippen LogP contribution < -0.4 is 0 Å². The van der Waals surface area contributed by atoms with Crippen LogP contribution in [0.3, 0.4) is 0 Å². The van der Waals surface area contributed by atoms with Gasteiger partial charge in [0.15, 0.2) is 0 Å². The van der Waals surface area contributed by atoms with Gasteiger partial charge in [0.25, 0.3) is 0 Å². The summed E-state index contributed by atoms with van der Waals surface area (Å²) in [5.41, 5.74) is -0.462. The molecule has 0 radical (unpaired) electrons. The summed E-state index contributed by atoms with van der Waals surface area (Å²) >= 11 is 0. The molecule has 1 aliphatic heterocycles. The topological polar surface area (TPSA) is 29.5 Å². The quantitative estimate of drug-likeness (QED) is 0.815. The fourth-order valence-electron chi connectivity index (χ4n) is 4.08. The van der Waals surface area contributed by atoms with Crippen molar-refractivity contribution in [3.8, 4) is 0 Å². The van der Waals surface area contributed by atoms with Gasteiger partial charge in [0.1, 0.15) is 0 Å². The van der Waals surface area contributed by atoms with E-state index in [2.05, 4.69) is 27.7 Å². The first-order valence-electron chi connectivity index (χ1n) is 7.74. The molecule has 0 bridgehead atoms. The van der Waals surface area contributed by atoms with Crippen LogP contribution in [0.5, 0.6) is 0 Å². The molecule has 0 spiro atoms. The number of rotatable bonds is 2. The van der Waals surface area contributed by atoms with Gasteiger partial charge < -0.3 is 9.84 Å². The maximum absolute atomic E-state index is 11.1. The predicted molar refractivity (Wildman–Crippen MR) is 74.4 cm³/mol. The Hall–Kier alpha value is -0.0800. The van der Waals surface area contributed by atoms with Gasteiger partial charge in [-0.25, -0.2) is 0 Å². The highest BCUT2D eigenvalue weighted by molar-refractivity contribution is 4.95. The van der Waals surface area contributed by atoms with Gasteiger partial charge in [-0.15, -0.1) is 0 Å². The van der Waals surface area contributed by atoms with Crippen molar-refractivity contribution in [3.63, 3.8) is 0 Å². The third-order valence-corrected chi connectivity index (χ3v) is 5.10. The normalized spacial score (nSPS) is 46.3. The van der Waals surface area contributed by atoms with Crippen molar-refractivity contribution in [2.45, 2.75) is 71.5 Å². The average molecular weight is 254 g/mol. The summed E-state index contributed by atoms with van der Waals surface area (Å²) in [6.45, 7) is 9.81. The molecule has 4 unspecified atom stereocenters. The Morgan fingerprint density at radius 1 is 1.11 bits per heavy atom. The molecule has 2 aliphatic rings. The van der Waals surface area contributed by atoms with Crippen molar-refractivity contribution in [2.75, 3.05) is 6.61 Å². The lowest BCUT2D eigenvalue weighted by atomic mass is 9.66. The standard InChI is InChI=1S/C16H30O2/c1-11(2)15-10-16(17,5-6-18-15)14-8-12(3)7-13(4)9-14/h11-15,17H,5-10H2,1-4H3. The van der Waals surface area contributed by atoms with Crippen LogP contribution in [0.15, 0.2) is 0 Å². The first-order valence-corrected chi connectivity index (χ1v) is 7.74. The monoisotopic (exact) mass is 254 g/mol. The molecule has 106 valence electrons. The third kappa shape index (κ3) is 3.08. The summed E-state index contributed by atoms with van der Waals surface area (Å²) in [4.78, 5) is 0. The summed E-state index contributed by atoms with van der Waals surface area (Å²) in [6.07, 6.45) is 5.65. The SMILES string of the molecule is CC1CC(C)CC(C2(O)CCOC(C(C)C)C2)C1. The second kappa shape index (κ2) is 5.50. The van der Waals surface area contributed by atoms with Crippen LogP contribution in [-0.2, 0) is 4.74 Å². The lowest BCUT2D eigenvalue weighted by molar-refractivity contribution is -0.153. The van der Waals surface area contributed by atoms with Crippen LogP contribution in [0, 0.1) is 23.7 Å². The van der Waals surface area contributed by atoms with E-state index in [1.165, 1.54) is 19.3 Å². The minimum atomic E-state index is -0.462. The van der Waals surface area contributed by atoms with Gasteiger partial charge in [0.2, 0.25) is 0 Å². The number of ether oxygens (including phenoxy) is 1. The van der Waals surface area contributed by atoms with Gasteiger partial charge in [0.05, 0.1) is 11.7 Å². The Balaban J connectivity index is 2.05. The Kier molecular flexibility index (Phi) is 4.38. The van der Waals surface area contributed by atoms with E-state index in [1.807, 2.05) is 0 Å². The minimum Gasteiger partial charge on any atom is -0.389 e. The van der Waals surface area contributed by atoms with Crippen molar-refractivity contribution < 1.29 is 9.84 Å². The summed E-state index contributed by atoms with van der Waals surface area (Å²) in [5.74, 6) is 2.53. The predicted octanol–water partition coefficient (Wildman–Crippen LogP) is 3.62. The Labute approximate surface area is 112 Å². The summed E-state index contributed by atoms with van der Waals surface area (Å²) in [5, 5.41) is 11.1. The molecular formula is C16H30O2. The smallest absolute Gasteiger partial charge is 0.0722 e. The van der Waals surface area contributed by atoms with Gasteiger partial charge in [-0.1, -0.05) is 27.7 Å². The van der Waals surface area contributed by atoms with E-state index < -0.39 is 5.60 Å². The van der Waals surface area contributed by atoms with Gasteiger partial charge in [-0.2, -0.15) is 0 Å². The molecule has 0 aromatic rings. The van der Waals surface area contributed by atoms with E-state index in [0.717, 1.165) is 31.3 Å². The van der Waals surface area contributed by atoms with Crippen LogP contribution in [0.1, 0.15) is 59.8 Å². The first kappa shape index (κ1) is 14.3. The number of aliphatic hydroxyl groups is 1. The largest absolute Gasteiger partial charge is 0.389 e. The molecule has 2 fully saturated rings. The molecular weight excluding hydrogens is 224 g/mol. The Morgan fingerprint density at radius 3 is 2.28 bits per heavy atom. The van der Waals surface area contributed by atoms with Crippen molar-refractivity contribution in [1.29, 1.82) is 0 Å². The van der Waals surface area contributed by atoms with E-state index in [1.54, 1.807) is 0 Å². The van der Waals surface area contributed by atoms with E-state index in [0.29, 0.717) is 11.8 Å². The molecule has 1 saturated heterocycles. The summed E-state index contributed by atoms with van der Waals surface area (Å²) in [6, 6.07) is 0. The molecule has 4 atom stereocenters. The molecule has 1 aliphatic carbocycles. The minimum absolute atomic E-state index is 0.247. The van der Waals surface area contributed by atoms with Crippen LogP contribution in [0.2, 0.25) is 0 Å². The lowest BCUT2D eigenvalue weighted by Gasteiger charge is -2.47. The van der Waals surface area contributed by atoms with Crippen LogP contribution >= 0.6 is 0 Å². The molecule has 18 heavy (non-hydrogen) atoms. The highest BCUT2D eigenvalue weighted by Crippen LogP contribution is 2.44. The second-order valence-corrected chi connectivity index (χ2v) is 7.33. The van der Waals surface area contributed by atoms with Gasteiger partial charge in [0, 0.05) is 13.0 Å². The zero-order valence-corrected chi connectivity index (χ0v) is 12.5. The fourth-order valence-corrected chi connectivity index (χ4v) is 4.08. The summed E-state index contributed by atoms with van der Waals surface area (Å²) in [7, 11) is 0. The molecule has 2 heteroatoms. The van der Waals surface area contributed by atoms with Gasteiger partial charge in [-0.3, -0.25) is 0 Å². The molecule has 0 aromatic carbocycles. The molecule has 1 N–H and O–H groups in total. The van der Waals surface area contributed by atoms with Crippen molar-refractivity contribution >= 4 is 0 Å². The highest BCUT2D eigenvalue weighted by Gasteiger charge is 2.44. The Bertz CT molecular complexity index is 266. The molecule has 2 nitrogen and oxygen atoms in total. The van der Waals surface area contributed by atoms with E-state index >= 15 is 0 Å². The highest BCUT2D eigenvalue weighted by atomic mass is 16.5. The lowest BCUT2D eigenvalue weighted by Crippen LogP contribution is -2.49. The average Bonchev–Trinajstić information content (AvgIpc) is 2.27. The van der Waals surface area contributed by atoms with Crippen LogP contribution in [0.4, 0.5) is 0 Å². The van der Waals surface area contributed by atoms with Crippen LogP contribution in [0.25, 0.3) is 0 Å². The maximum Gasteiger partial charge on any atom is 0.0722 e. The zero-order chi connectivity index (χ0) is 13.3. The summed E-state index contributed by atoms with van der Waals surface area (Å²) < 4.78 is 5.82. The molecule has 0 amide bonds. The number of hydrogen-bond acceptors (Lipinski definition) is 2. The molecule has 1 heterocycles. The van der Waals surface area contributed by atoms with E-state index in [-0.39, 0.29) is 6.10 Å². The van der Waals surface area contributed by atoms with E-state index in [4.69, 9.17) is 4.74 Å². The van der Waals surface area contributed by atoms with E-state index in [9.17, 15) is 5.11 Å². The number of hydrogen-bond donors (Lipinski definition) is 1. The van der Waals surface area contributed by atoms with Gasteiger partial charge >= 0.3 is 0 Å². The third-order valence-electron chi connectivity index (χ3n) is 5.10. The van der Waals surface area contributed by atoms with Crippen molar-refractivity contribution in [1.82, 2.24) is 0 Å². The molecule has 0 aromatic heterocycles. The molecule has 1 saturated carbocycles. The molecule has 2 rings (SSSR count). The zero-order valence-electron chi connectivity index (χ0n) is 12.5. The second-order valence-electron chi connectivity index (χ2n) is 7.33. The maximum atomic E-state index is 11.1. The van der Waals surface area contributed by atoms with Gasteiger partial charge in [-0.05, 0) is 49.4 Å². The fraction of sp³-hybridized carbons (Fsp3) is 1.00. The van der Waals surface area contributed by atoms with Crippen molar-refractivity contribution in [3.05, 3.63) is 0 Å². The first-order chi connectivity index (χ1) is 8.40. The van der Waals surface area contributed by atoms with Crippen LogP contribution in [-0.4, -0.2) is 23.4 Å².